The Morgan fingerprint density at radius 3 is 3.07 bits per heavy atom. The second kappa shape index (κ2) is 5.52. The molecule has 0 saturated heterocycles. The largest absolute Gasteiger partial charge is 0.496 e. The SMILES string of the molecule is COc1ccsc1CNCCC1CCC1. The number of methoxy groups -OCH3 is 1. The van der Waals surface area contributed by atoms with Crippen LogP contribution < -0.4 is 10.1 Å². The van der Waals surface area contributed by atoms with Gasteiger partial charge in [0.25, 0.3) is 0 Å². The van der Waals surface area contributed by atoms with Crippen LogP contribution in [0.5, 0.6) is 5.75 Å². The van der Waals surface area contributed by atoms with Gasteiger partial charge in [0, 0.05) is 6.54 Å². The van der Waals surface area contributed by atoms with Crippen LogP contribution >= 0.6 is 11.3 Å². The smallest absolute Gasteiger partial charge is 0.134 e. The number of hydrogen-bond donors (Lipinski definition) is 1. The van der Waals surface area contributed by atoms with Gasteiger partial charge in [-0.15, -0.1) is 11.3 Å². The lowest BCUT2D eigenvalue weighted by Crippen LogP contribution is -2.20. The van der Waals surface area contributed by atoms with E-state index in [0.29, 0.717) is 0 Å². The van der Waals surface area contributed by atoms with E-state index in [4.69, 9.17) is 4.74 Å². The molecule has 0 aliphatic heterocycles. The minimum atomic E-state index is 0.952. The topological polar surface area (TPSA) is 21.3 Å². The molecule has 1 aromatic rings. The Morgan fingerprint density at radius 2 is 2.40 bits per heavy atom. The molecule has 84 valence electrons. The van der Waals surface area contributed by atoms with Crippen molar-refractivity contribution in [2.24, 2.45) is 5.92 Å². The first-order valence-corrected chi connectivity index (χ1v) is 6.59. The summed E-state index contributed by atoms with van der Waals surface area (Å²) in [5, 5.41) is 5.58. The summed E-state index contributed by atoms with van der Waals surface area (Å²) in [7, 11) is 1.74. The molecule has 0 atom stereocenters. The summed E-state index contributed by atoms with van der Waals surface area (Å²) in [5.74, 6) is 2.03. The maximum atomic E-state index is 5.27. The molecule has 0 radical (unpaired) electrons. The molecule has 1 aliphatic carbocycles. The molecule has 3 heteroatoms. The van der Waals surface area contributed by atoms with Crippen LogP contribution in [0.25, 0.3) is 0 Å². The second-order valence-corrected chi connectivity index (χ2v) is 5.18. The number of rotatable bonds is 6. The molecular formula is C12H19NOS. The van der Waals surface area contributed by atoms with E-state index < -0.39 is 0 Å². The van der Waals surface area contributed by atoms with Crippen LogP contribution in [0.3, 0.4) is 0 Å². The summed E-state index contributed by atoms with van der Waals surface area (Å²) < 4.78 is 5.27. The van der Waals surface area contributed by atoms with E-state index in [1.165, 1.54) is 30.6 Å². The quantitative estimate of drug-likeness (QED) is 0.751. The lowest BCUT2D eigenvalue weighted by molar-refractivity contribution is 0.292. The Morgan fingerprint density at radius 1 is 1.53 bits per heavy atom. The van der Waals surface area contributed by atoms with Gasteiger partial charge in [0.15, 0.2) is 0 Å². The van der Waals surface area contributed by atoms with E-state index in [9.17, 15) is 0 Å². The number of hydrogen-bond acceptors (Lipinski definition) is 3. The molecule has 1 aliphatic rings. The number of thiophene rings is 1. The first-order valence-electron chi connectivity index (χ1n) is 5.71. The van der Waals surface area contributed by atoms with Gasteiger partial charge in [-0.1, -0.05) is 19.3 Å². The van der Waals surface area contributed by atoms with E-state index in [2.05, 4.69) is 10.7 Å². The fraction of sp³-hybridized carbons (Fsp3) is 0.667. The lowest BCUT2D eigenvalue weighted by atomic mass is 9.83. The van der Waals surface area contributed by atoms with Gasteiger partial charge < -0.3 is 10.1 Å². The molecule has 0 aromatic carbocycles. The maximum Gasteiger partial charge on any atom is 0.134 e. The van der Waals surface area contributed by atoms with E-state index in [1.807, 2.05) is 6.07 Å². The molecule has 1 fully saturated rings. The standard InChI is InChI=1S/C12H19NOS/c1-14-11-6-8-15-12(11)9-13-7-5-10-3-2-4-10/h6,8,10,13H,2-5,7,9H2,1H3. The maximum absolute atomic E-state index is 5.27. The van der Waals surface area contributed by atoms with Crippen LogP contribution in [-0.2, 0) is 6.54 Å². The molecule has 1 aromatic heterocycles. The highest BCUT2D eigenvalue weighted by atomic mass is 32.1. The highest BCUT2D eigenvalue weighted by molar-refractivity contribution is 7.10. The van der Waals surface area contributed by atoms with Gasteiger partial charge in [0.05, 0.1) is 12.0 Å². The monoisotopic (exact) mass is 225 g/mol. The molecule has 1 saturated carbocycles. The van der Waals surface area contributed by atoms with Gasteiger partial charge in [-0.05, 0) is 30.3 Å². The van der Waals surface area contributed by atoms with Gasteiger partial charge in [0.2, 0.25) is 0 Å². The molecule has 2 rings (SSSR count). The average Bonchev–Trinajstić information content (AvgIpc) is 2.62. The summed E-state index contributed by atoms with van der Waals surface area (Å²) >= 11 is 1.77. The zero-order chi connectivity index (χ0) is 10.5. The van der Waals surface area contributed by atoms with Crippen molar-refractivity contribution in [3.05, 3.63) is 16.3 Å². The zero-order valence-electron chi connectivity index (χ0n) is 9.29. The van der Waals surface area contributed by atoms with Gasteiger partial charge in [-0.3, -0.25) is 0 Å². The van der Waals surface area contributed by atoms with Crippen LogP contribution in [-0.4, -0.2) is 13.7 Å². The number of nitrogens with one attached hydrogen (secondary N) is 1. The molecule has 15 heavy (non-hydrogen) atoms. The van der Waals surface area contributed by atoms with Crippen LogP contribution in [0.1, 0.15) is 30.6 Å². The predicted octanol–water partition coefficient (Wildman–Crippen LogP) is 3.04. The third kappa shape index (κ3) is 2.95. The van der Waals surface area contributed by atoms with Crippen molar-refractivity contribution in [3.63, 3.8) is 0 Å². The summed E-state index contributed by atoms with van der Waals surface area (Å²) in [5.41, 5.74) is 0. The van der Waals surface area contributed by atoms with E-state index in [0.717, 1.165) is 24.8 Å². The van der Waals surface area contributed by atoms with E-state index in [-0.39, 0.29) is 0 Å². The summed E-state index contributed by atoms with van der Waals surface area (Å²) in [6.45, 7) is 2.10. The molecule has 0 unspecified atom stereocenters. The third-order valence-electron chi connectivity index (χ3n) is 3.16. The molecule has 1 heterocycles. The summed E-state index contributed by atoms with van der Waals surface area (Å²) in [4.78, 5) is 1.31. The number of ether oxygens (including phenoxy) is 1. The molecule has 1 N–H and O–H groups in total. The van der Waals surface area contributed by atoms with Crippen molar-refractivity contribution < 1.29 is 4.74 Å². The molecule has 0 amide bonds. The second-order valence-electron chi connectivity index (χ2n) is 4.17. The Balaban J connectivity index is 1.64. The van der Waals surface area contributed by atoms with Crippen molar-refractivity contribution in [3.8, 4) is 5.75 Å². The normalized spacial score (nSPS) is 16.3. The highest BCUT2D eigenvalue weighted by Gasteiger charge is 2.16. The summed E-state index contributed by atoms with van der Waals surface area (Å²) in [6.07, 6.45) is 5.69. The molecule has 2 nitrogen and oxygen atoms in total. The first-order chi connectivity index (χ1) is 7.40. The highest BCUT2D eigenvalue weighted by Crippen LogP contribution is 2.29. The van der Waals surface area contributed by atoms with Gasteiger partial charge >= 0.3 is 0 Å². The Hall–Kier alpha value is -0.540. The van der Waals surface area contributed by atoms with Crippen molar-refractivity contribution in [2.75, 3.05) is 13.7 Å². The summed E-state index contributed by atoms with van der Waals surface area (Å²) in [6, 6.07) is 2.04. The van der Waals surface area contributed by atoms with Crippen LogP contribution in [0, 0.1) is 5.92 Å². The van der Waals surface area contributed by atoms with Crippen molar-refractivity contribution in [1.82, 2.24) is 5.32 Å². The van der Waals surface area contributed by atoms with Gasteiger partial charge in [-0.2, -0.15) is 0 Å². The Kier molecular flexibility index (Phi) is 4.03. The van der Waals surface area contributed by atoms with E-state index in [1.54, 1.807) is 18.4 Å². The average molecular weight is 225 g/mol. The minimum absolute atomic E-state index is 0.952. The van der Waals surface area contributed by atoms with Crippen LogP contribution in [0.15, 0.2) is 11.4 Å². The molecule has 0 spiro atoms. The lowest BCUT2D eigenvalue weighted by Gasteiger charge is -2.25. The van der Waals surface area contributed by atoms with Crippen molar-refractivity contribution in [2.45, 2.75) is 32.2 Å². The van der Waals surface area contributed by atoms with Crippen molar-refractivity contribution in [1.29, 1.82) is 0 Å². The fourth-order valence-electron chi connectivity index (χ4n) is 1.93. The van der Waals surface area contributed by atoms with Gasteiger partial charge in [-0.25, -0.2) is 0 Å². The zero-order valence-corrected chi connectivity index (χ0v) is 10.1. The minimum Gasteiger partial charge on any atom is -0.496 e. The van der Waals surface area contributed by atoms with Crippen LogP contribution in [0.4, 0.5) is 0 Å². The molecule has 0 bridgehead atoms. The predicted molar refractivity (Wildman–Crippen MR) is 64.5 cm³/mol. The third-order valence-corrected chi connectivity index (χ3v) is 4.07. The van der Waals surface area contributed by atoms with Crippen molar-refractivity contribution >= 4 is 11.3 Å². The van der Waals surface area contributed by atoms with Gasteiger partial charge in [0.1, 0.15) is 5.75 Å². The van der Waals surface area contributed by atoms with Crippen LogP contribution in [0.2, 0.25) is 0 Å². The Bertz CT molecular complexity index is 294. The first kappa shape index (κ1) is 11.0. The fourth-order valence-corrected chi connectivity index (χ4v) is 2.74. The van der Waals surface area contributed by atoms with E-state index >= 15 is 0 Å². The Labute approximate surface area is 95.6 Å². The molecular weight excluding hydrogens is 206 g/mol.